The first-order chi connectivity index (χ1) is 8.61. The summed E-state index contributed by atoms with van der Waals surface area (Å²) in [6, 6.07) is 7.71. The van der Waals surface area contributed by atoms with Crippen LogP contribution in [0, 0.1) is 0 Å². The number of methoxy groups -OCH3 is 1. The van der Waals surface area contributed by atoms with Gasteiger partial charge in [-0.25, -0.2) is 0 Å². The molecule has 0 aromatic heterocycles. The van der Waals surface area contributed by atoms with Crippen LogP contribution in [0.3, 0.4) is 0 Å². The molecule has 1 atom stereocenters. The van der Waals surface area contributed by atoms with Crippen molar-refractivity contribution in [3.05, 3.63) is 34.3 Å². The Labute approximate surface area is 121 Å². The Morgan fingerprint density at radius 2 is 2.11 bits per heavy atom. The number of carbonyl (C=O) groups is 1. The number of benzene rings is 1. The van der Waals surface area contributed by atoms with E-state index in [1.165, 1.54) is 0 Å². The minimum atomic E-state index is -0.0528. The summed E-state index contributed by atoms with van der Waals surface area (Å²) in [7, 11) is 1.61. The van der Waals surface area contributed by atoms with Crippen molar-refractivity contribution in [2.24, 2.45) is 0 Å². The summed E-state index contributed by atoms with van der Waals surface area (Å²) in [5.41, 5.74) is 0.995. The molecule has 0 bridgehead atoms. The third-order valence-electron chi connectivity index (χ3n) is 2.41. The van der Waals surface area contributed by atoms with Gasteiger partial charge >= 0.3 is 0 Å². The number of carbonyl (C=O) groups excluding carboxylic acids is 1. The average molecular weight is 335 g/mol. The first-order valence-corrected chi connectivity index (χ1v) is 6.99. The molecule has 0 aliphatic carbocycles. The highest BCUT2D eigenvalue weighted by atomic mass is 79.9. The summed E-state index contributed by atoms with van der Waals surface area (Å²) in [5.74, 6) is 0.0126. The number of hydrogen-bond donors (Lipinski definition) is 1. The lowest BCUT2D eigenvalue weighted by Gasteiger charge is -2.09. The van der Waals surface area contributed by atoms with Crippen LogP contribution < -0.4 is 5.32 Å². The van der Waals surface area contributed by atoms with Crippen LogP contribution in [-0.4, -0.2) is 31.5 Å². The van der Waals surface area contributed by atoms with E-state index < -0.39 is 0 Å². The molecule has 1 rings (SSSR count). The quantitative estimate of drug-likeness (QED) is 0.779. The van der Waals surface area contributed by atoms with Crippen molar-refractivity contribution in [2.75, 3.05) is 20.3 Å². The van der Waals surface area contributed by atoms with Gasteiger partial charge in [-0.1, -0.05) is 28.1 Å². The van der Waals surface area contributed by atoms with E-state index in [2.05, 4.69) is 21.2 Å². The van der Waals surface area contributed by atoms with Crippen LogP contribution in [0.2, 0.25) is 0 Å². The molecule has 1 N–H and O–H groups in total. The molecule has 1 aromatic carbocycles. The predicted octanol–water partition coefficient (Wildman–Crippen LogP) is 2.75. The number of alkyl halides is 1. The zero-order chi connectivity index (χ0) is 13.4. The van der Waals surface area contributed by atoms with Gasteiger partial charge in [0.05, 0.1) is 18.4 Å². The fourth-order valence-corrected chi connectivity index (χ4v) is 1.98. The SMILES string of the molecule is COCC(Cl)CCNC(=O)Cc1ccc(Br)cc1. The molecular weight excluding hydrogens is 318 g/mol. The first-order valence-electron chi connectivity index (χ1n) is 5.76. The Balaban J connectivity index is 2.23. The molecule has 1 aromatic rings. The Morgan fingerprint density at radius 3 is 2.72 bits per heavy atom. The minimum Gasteiger partial charge on any atom is -0.383 e. The van der Waals surface area contributed by atoms with Crippen molar-refractivity contribution in [2.45, 2.75) is 18.2 Å². The van der Waals surface area contributed by atoms with Gasteiger partial charge in [0, 0.05) is 18.1 Å². The van der Waals surface area contributed by atoms with E-state index in [4.69, 9.17) is 16.3 Å². The van der Waals surface area contributed by atoms with Crippen molar-refractivity contribution in [1.82, 2.24) is 5.32 Å². The molecule has 18 heavy (non-hydrogen) atoms. The van der Waals surface area contributed by atoms with Gasteiger partial charge in [0.25, 0.3) is 0 Å². The fourth-order valence-electron chi connectivity index (χ4n) is 1.48. The maximum Gasteiger partial charge on any atom is 0.224 e. The highest BCUT2D eigenvalue weighted by Gasteiger charge is 2.06. The van der Waals surface area contributed by atoms with Crippen LogP contribution in [-0.2, 0) is 16.0 Å². The van der Waals surface area contributed by atoms with Crippen LogP contribution in [0.1, 0.15) is 12.0 Å². The lowest BCUT2D eigenvalue weighted by Crippen LogP contribution is -2.28. The number of rotatable bonds is 7. The predicted molar refractivity (Wildman–Crippen MR) is 77.0 cm³/mol. The van der Waals surface area contributed by atoms with Gasteiger partial charge in [-0.15, -0.1) is 11.6 Å². The highest BCUT2D eigenvalue weighted by molar-refractivity contribution is 9.10. The summed E-state index contributed by atoms with van der Waals surface area (Å²) in [4.78, 5) is 11.6. The number of halogens is 2. The molecule has 0 fully saturated rings. The lowest BCUT2D eigenvalue weighted by molar-refractivity contribution is -0.120. The summed E-state index contributed by atoms with van der Waals surface area (Å²) in [6.45, 7) is 1.08. The van der Waals surface area contributed by atoms with Crippen LogP contribution in [0.15, 0.2) is 28.7 Å². The second kappa shape index (κ2) is 8.51. The molecule has 1 amide bonds. The Bertz CT molecular complexity index is 370. The Morgan fingerprint density at radius 1 is 1.44 bits per heavy atom. The minimum absolute atomic E-state index is 0.0126. The van der Waals surface area contributed by atoms with Crippen LogP contribution in [0.25, 0.3) is 0 Å². The first kappa shape index (κ1) is 15.5. The number of amides is 1. The third kappa shape index (κ3) is 6.38. The summed E-state index contributed by atoms with van der Waals surface area (Å²) in [5, 5.41) is 2.79. The van der Waals surface area contributed by atoms with Crippen LogP contribution in [0.4, 0.5) is 0 Å². The Hall–Kier alpha value is -0.580. The van der Waals surface area contributed by atoms with Gasteiger partial charge in [0.15, 0.2) is 0 Å². The summed E-state index contributed by atoms with van der Waals surface area (Å²) < 4.78 is 5.93. The van der Waals surface area contributed by atoms with E-state index in [1.54, 1.807) is 7.11 Å². The monoisotopic (exact) mass is 333 g/mol. The summed E-state index contributed by atoms with van der Waals surface area (Å²) in [6.07, 6.45) is 1.10. The van der Waals surface area contributed by atoms with Gasteiger partial charge in [0.2, 0.25) is 5.91 Å². The topological polar surface area (TPSA) is 38.3 Å². The van der Waals surface area contributed by atoms with Crippen molar-refractivity contribution in [3.63, 3.8) is 0 Å². The molecular formula is C13H17BrClNO2. The van der Waals surface area contributed by atoms with Gasteiger partial charge in [-0.3, -0.25) is 4.79 Å². The van der Waals surface area contributed by atoms with Crippen molar-refractivity contribution < 1.29 is 9.53 Å². The van der Waals surface area contributed by atoms with Gasteiger partial charge in [-0.05, 0) is 24.1 Å². The highest BCUT2D eigenvalue weighted by Crippen LogP contribution is 2.10. The molecule has 1 unspecified atom stereocenters. The maximum atomic E-state index is 11.6. The molecule has 100 valence electrons. The molecule has 0 heterocycles. The molecule has 0 aliphatic rings. The van der Waals surface area contributed by atoms with E-state index in [9.17, 15) is 4.79 Å². The largest absolute Gasteiger partial charge is 0.383 e. The molecule has 0 saturated carbocycles. The molecule has 0 aliphatic heterocycles. The molecule has 0 radical (unpaired) electrons. The average Bonchev–Trinajstić information content (AvgIpc) is 2.32. The van der Waals surface area contributed by atoms with Crippen molar-refractivity contribution in [1.29, 1.82) is 0 Å². The second-order valence-electron chi connectivity index (χ2n) is 3.99. The van der Waals surface area contributed by atoms with Gasteiger partial charge < -0.3 is 10.1 Å². The van der Waals surface area contributed by atoms with E-state index in [1.807, 2.05) is 24.3 Å². The Kier molecular flexibility index (Phi) is 7.32. The van der Waals surface area contributed by atoms with E-state index in [0.717, 1.165) is 10.0 Å². The second-order valence-corrected chi connectivity index (χ2v) is 5.53. The zero-order valence-corrected chi connectivity index (χ0v) is 12.6. The van der Waals surface area contributed by atoms with Gasteiger partial charge in [0.1, 0.15) is 0 Å². The fraction of sp³-hybridized carbons (Fsp3) is 0.462. The van der Waals surface area contributed by atoms with E-state index in [-0.39, 0.29) is 11.3 Å². The smallest absolute Gasteiger partial charge is 0.224 e. The van der Waals surface area contributed by atoms with Crippen LogP contribution in [0.5, 0.6) is 0 Å². The van der Waals surface area contributed by atoms with Crippen LogP contribution >= 0.6 is 27.5 Å². The van der Waals surface area contributed by atoms with Crippen molar-refractivity contribution in [3.8, 4) is 0 Å². The molecule has 0 saturated heterocycles. The number of hydrogen-bond acceptors (Lipinski definition) is 2. The number of nitrogens with one attached hydrogen (secondary N) is 1. The lowest BCUT2D eigenvalue weighted by atomic mass is 10.1. The van der Waals surface area contributed by atoms with Gasteiger partial charge in [-0.2, -0.15) is 0 Å². The maximum absolute atomic E-state index is 11.6. The molecule has 0 spiro atoms. The van der Waals surface area contributed by atoms with Crippen molar-refractivity contribution >= 4 is 33.4 Å². The normalized spacial score (nSPS) is 12.2. The molecule has 5 heteroatoms. The van der Waals surface area contributed by atoms with E-state index in [0.29, 0.717) is 26.0 Å². The van der Waals surface area contributed by atoms with E-state index >= 15 is 0 Å². The molecule has 3 nitrogen and oxygen atoms in total. The standard InChI is InChI=1S/C13H17BrClNO2/c1-18-9-12(15)6-7-16-13(17)8-10-2-4-11(14)5-3-10/h2-5,12H,6-9H2,1H3,(H,16,17). The number of ether oxygens (including phenoxy) is 1. The third-order valence-corrected chi connectivity index (χ3v) is 3.28. The summed E-state index contributed by atoms with van der Waals surface area (Å²) >= 11 is 9.32. The zero-order valence-electron chi connectivity index (χ0n) is 10.3.